The number of aliphatic hydroxyl groups is 1. The number of aliphatic hydroxyl groups excluding tert-OH is 1. The average Bonchev–Trinajstić information content (AvgIpc) is 2.41. The molecule has 1 aromatic carbocycles. The average molecular weight is 263 g/mol. The fourth-order valence-electron chi connectivity index (χ4n) is 1.90. The summed E-state index contributed by atoms with van der Waals surface area (Å²) in [5, 5.41) is 11.0. The largest absolute Gasteiger partial charge is 0.388 e. The summed E-state index contributed by atoms with van der Waals surface area (Å²) in [6.07, 6.45) is 1.02. The van der Waals surface area contributed by atoms with Crippen LogP contribution in [-0.4, -0.2) is 16.6 Å². The molecule has 2 rings (SSSR count). The predicted molar refractivity (Wildman–Crippen MR) is 72.4 cm³/mol. The maximum atomic E-state index is 10.4. The van der Waals surface area contributed by atoms with Crippen molar-refractivity contribution in [2.75, 3.05) is 6.54 Å². The third-order valence-electron chi connectivity index (χ3n) is 2.91. The summed E-state index contributed by atoms with van der Waals surface area (Å²) in [5.41, 5.74) is 7.33. The minimum Gasteiger partial charge on any atom is -0.388 e. The van der Waals surface area contributed by atoms with E-state index in [1.54, 1.807) is 30.5 Å². The van der Waals surface area contributed by atoms with Crippen molar-refractivity contribution in [1.82, 2.24) is 4.98 Å². The van der Waals surface area contributed by atoms with Gasteiger partial charge in [-0.05, 0) is 29.8 Å². The molecular weight excluding hydrogens is 248 g/mol. The van der Waals surface area contributed by atoms with E-state index < -0.39 is 6.10 Å². The highest BCUT2D eigenvalue weighted by molar-refractivity contribution is 6.30. The van der Waals surface area contributed by atoms with E-state index >= 15 is 0 Å². The summed E-state index contributed by atoms with van der Waals surface area (Å²) in [6.45, 7) is 0.334. The summed E-state index contributed by atoms with van der Waals surface area (Å²) in [7, 11) is 0. The molecular formula is C14H15ClN2O. The fourth-order valence-corrected chi connectivity index (χ4v) is 2.02. The second-order valence-electron chi connectivity index (χ2n) is 4.09. The molecule has 4 heteroatoms. The topological polar surface area (TPSA) is 59.1 Å². The lowest BCUT2D eigenvalue weighted by molar-refractivity contribution is 0.145. The molecule has 0 aliphatic rings. The van der Waals surface area contributed by atoms with Gasteiger partial charge in [0.1, 0.15) is 0 Å². The second-order valence-corrected chi connectivity index (χ2v) is 4.53. The molecule has 2 atom stereocenters. The smallest absolute Gasteiger partial charge is 0.0885 e. The Morgan fingerprint density at radius 1 is 1.17 bits per heavy atom. The summed E-state index contributed by atoms with van der Waals surface area (Å²) in [5.74, 6) is -0.215. The molecule has 0 aliphatic carbocycles. The van der Waals surface area contributed by atoms with Gasteiger partial charge < -0.3 is 10.8 Å². The third-order valence-corrected chi connectivity index (χ3v) is 3.17. The zero-order chi connectivity index (χ0) is 13.0. The molecule has 1 aromatic heterocycles. The van der Waals surface area contributed by atoms with Crippen LogP contribution in [0, 0.1) is 0 Å². The van der Waals surface area contributed by atoms with Crippen LogP contribution in [-0.2, 0) is 0 Å². The standard InChI is InChI=1S/C14H15ClN2O/c15-11-6-4-10(5-7-11)14(18)12(9-16)13-3-1-2-8-17-13/h1-8,12,14,18H,9,16H2. The Balaban J connectivity index is 2.25. The Kier molecular flexibility index (Phi) is 4.31. The molecule has 2 unspecified atom stereocenters. The monoisotopic (exact) mass is 262 g/mol. The van der Waals surface area contributed by atoms with Crippen LogP contribution < -0.4 is 5.73 Å². The van der Waals surface area contributed by atoms with Gasteiger partial charge in [-0.15, -0.1) is 0 Å². The SMILES string of the molecule is NCC(c1ccccn1)C(O)c1ccc(Cl)cc1. The Morgan fingerprint density at radius 3 is 2.44 bits per heavy atom. The van der Waals surface area contributed by atoms with Gasteiger partial charge in [0.25, 0.3) is 0 Å². The van der Waals surface area contributed by atoms with Crippen molar-refractivity contribution in [3.63, 3.8) is 0 Å². The number of halogens is 1. The number of rotatable bonds is 4. The zero-order valence-electron chi connectivity index (χ0n) is 9.83. The van der Waals surface area contributed by atoms with Crippen molar-refractivity contribution in [2.45, 2.75) is 12.0 Å². The molecule has 0 fully saturated rings. The molecule has 0 amide bonds. The summed E-state index contributed by atoms with van der Waals surface area (Å²) < 4.78 is 0. The van der Waals surface area contributed by atoms with Gasteiger partial charge in [-0.1, -0.05) is 29.8 Å². The lowest BCUT2D eigenvalue weighted by Crippen LogP contribution is -2.21. The summed E-state index contributed by atoms with van der Waals surface area (Å²) in [6, 6.07) is 12.7. The Labute approximate surface area is 111 Å². The highest BCUT2D eigenvalue weighted by atomic mass is 35.5. The van der Waals surface area contributed by atoms with Crippen molar-refractivity contribution in [3.05, 3.63) is 64.9 Å². The van der Waals surface area contributed by atoms with Gasteiger partial charge in [0.15, 0.2) is 0 Å². The minimum absolute atomic E-state index is 0.215. The molecule has 0 spiro atoms. The molecule has 1 heterocycles. The van der Waals surface area contributed by atoms with Gasteiger partial charge >= 0.3 is 0 Å². The van der Waals surface area contributed by atoms with Crippen LogP contribution in [0.3, 0.4) is 0 Å². The molecule has 94 valence electrons. The molecule has 3 N–H and O–H groups in total. The lowest BCUT2D eigenvalue weighted by Gasteiger charge is -2.21. The summed E-state index contributed by atoms with van der Waals surface area (Å²) in [4.78, 5) is 4.25. The highest BCUT2D eigenvalue weighted by Gasteiger charge is 2.22. The first-order valence-corrected chi connectivity index (χ1v) is 6.14. The van der Waals surface area contributed by atoms with Crippen LogP contribution in [0.4, 0.5) is 0 Å². The van der Waals surface area contributed by atoms with Gasteiger partial charge in [0.05, 0.1) is 6.10 Å². The zero-order valence-corrected chi connectivity index (χ0v) is 10.6. The van der Waals surface area contributed by atoms with Crippen molar-refractivity contribution < 1.29 is 5.11 Å². The maximum absolute atomic E-state index is 10.4. The first-order chi connectivity index (χ1) is 8.72. The number of nitrogens with zero attached hydrogens (tertiary/aromatic N) is 1. The van der Waals surface area contributed by atoms with E-state index in [1.165, 1.54) is 0 Å². The van der Waals surface area contributed by atoms with Crippen molar-refractivity contribution >= 4 is 11.6 Å². The quantitative estimate of drug-likeness (QED) is 0.890. The molecule has 2 aromatic rings. The fraction of sp³-hybridized carbons (Fsp3) is 0.214. The van der Waals surface area contributed by atoms with E-state index in [0.717, 1.165) is 11.3 Å². The van der Waals surface area contributed by atoms with E-state index in [2.05, 4.69) is 4.98 Å². The molecule has 0 bridgehead atoms. The van der Waals surface area contributed by atoms with Crippen molar-refractivity contribution in [1.29, 1.82) is 0 Å². The van der Waals surface area contributed by atoms with E-state index in [4.69, 9.17) is 17.3 Å². The number of pyridine rings is 1. The molecule has 0 aliphatic heterocycles. The van der Waals surface area contributed by atoms with Gasteiger partial charge in [-0.25, -0.2) is 0 Å². The molecule has 0 radical (unpaired) electrons. The first-order valence-electron chi connectivity index (χ1n) is 5.77. The Hall–Kier alpha value is -1.42. The van der Waals surface area contributed by atoms with E-state index in [-0.39, 0.29) is 5.92 Å². The molecule has 0 saturated carbocycles. The number of nitrogens with two attached hydrogens (primary N) is 1. The van der Waals surface area contributed by atoms with Gasteiger partial charge in [0, 0.05) is 29.4 Å². The number of hydrogen-bond donors (Lipinski definition) is 2. The van der Waals surface area contributed by atoms with Crippen LogP contribution in [0.2, 0.25) is 5.02 Å². The molecule has 0 saturated heterocycles. The molecule has 18 heavy (non-hydrogen) atoms. The first kappa shape index (κ1) is 13.0. The van der Waals surface area contributed by atoms with Crippen LogP contribution in [0.15, 0.2) is 48.7 Å². The molecule has 3 nitrogen and oxygen atoms in total. The van der Waals surface area contributed by atoms with E-state index in [1.807, 2.05) is 18.2 Å². The van der Waals surface area contributed by atoms with Crippen LogP contribution >= 0.6 is 11.6 Å². The van der Waals surface area contributed by atoms with Crippen LogP contribution in [0.5, 0.6) is 0 Å². The lowest BCUT2D eigenvalue weighted by atomic mass is 9.92. The van der Waals surface area contributed by atoms with Crippen molar-refractivity contribution in [2.24, 2.45) is 5.73 Å². The van der Waals surface area contributed by atoms with Crippen LogP contribution in [0.25, 0.3) is 0 Å². The number of benzene rings is 1. The van der Waals surface area contributed by atoms with Gasteiger partial charge in [-0.2, -0.15) is 0 Å². The summed E-state index contributed by atoms with van der Waals surface area (Å²) >= 11 is 5.83. The number of hydrogen-bond acceptors (Lipinski definition) is 3. The Morgan fingerprint density at radius 2 is 1.89 bits per heavy atom. The number of aromatic nitrogens is 1. The van der Waals surface area contributed by atoms with Crippen molar-refractivity contribution in [3.8, 4) is 0 Å². The van der Waals surface area contributed by atoms with Gasteiger partial charge in [-0.3, -0.25) is 4.98 Å². The minimum atomic E-state index is -0.679. The second kappa shape index (κ2) is 5.96. The third kappa shape index (κ3) is 2.88. The van der Waals surface area contributed by atoms with E-state index in [0.29, 0.717) is 11.6 Å². The predicted octanol–water partition coefficient (Wildman–Crippen LogP) is 2.51. The van der Waals surface area contributed by atoms with Gasteiger partial charge in [0.2, 0.25) is 0 Å². The Bertz CT molecular complexity index is 487. The normalized spacial score (nSPS) is 14.2. The van der Waals surface area contributed by atoms with Crippen LogP contribution in [0.1, 0.15) is 23.3 Å². The highest BCUT2D eigenvalue weighted by Crippen LogP contribution is 2.29. The van der Waals surface area contributed by atoms with E-state index in [9.17, 15) is 5.11 Å². The maximum Gasteiger partial charge on any atom is 0.0885 e.